The van der Waals surface area contributed by atoms with E-state index >= 15 is 0 Å². The van der Waals surface area contributed by atoms with Gasteiger partial charge in [-0.1, -0.05) is 55.1 Å². The number of benzene rings is 3. The van der Waals surface area contributed by atoms with E-state index < -0.39 is 5.97 Å². The Morgan fingerprint density at radius 2 is 1.52 bits per heavy atom. The number of hydrogen-bond donors (Lipinski definition) is 1. The quantitative estimate of drug-likeness (QED) is 0.299. The molecule has 1 aliphatic carbocycles. The molecule has 0 bridgehead atoms. The van der Waals surface area contributed by atoms with Crippen LogP contribution in [0.3, 0.4) is 0 Å². The predicted octanol–water partition coefficient (Wildman–Crippen LogP) is 4.37. The van der Waals surface area contributed by atoms with Crippen molar-refractivity contribution in [2.75, 3.05) is 12.3 Å². The maximum Gasteiger partial charge on any atom is 0.333 e. The maximum atomic E-state index is 13.3. The van der Waals surface area contributed by atoms with Gasteiger partial charge in [-0.15, -0.1) is 0 Å². The van der Waals surface area contributed by atoms with Crippen LogP contribution in [0.1, 0.15) is 44.3 Å². The normalized spacial score (nSPS) is 12.2. The molecule has 5 nitrogen and oxygen atoms in total. The largest absolute Gasteiger partial charge is 0.462 e. The standard InChI is InChI=1S/C26H21NO4/c1-15(2)26(30)31-14-13-16-7-9-17(10-8-16)22-21(27)12-11-20-23(22)25(29)19-6-4-3-5-18(19)24(20)28/h3-12H,1,13-14,27H2,2H3. The van der Waals surface area contributed by atoms with Crippen molar-refractivity contribution in [3.05, 3.63) is 101 Å². The van der Waals surface area contributed by atoms with Crippen LogP contribution in [0.5, 0.6) is 0 Å². The van der Waals surface area contributed by atoms with Crippen molar-refractivity contribution in [2.24, 2.45) is 0 Å². The number of rotatable bonds is 5. The van der Waals surface area contributed by atoms with Gasteiger partial charge in [-0.3, -0.25) is 9.59 Å². The molecule has 3 aromatic carbocycles. The number of esters is 1. The Labute approximate surface area is 180 Å². The van der Waals surface area contributed by atoms with Crippen molar-refractivity contribution in [3.63, 3.8) is 0 Å². The Balaban J connectivity index is 1.67. The Bertz CT molecular complexity index is 1240. The van der Waals surface area contributed by atoms with Crippen molar-refractivity contribution in [2.45, 2.75) is 13.3 Å². The molecule has 154 valence electrons. The molecule has 0 aromatic heterocycles. The second kappa shape index (κ2) is 8.03. The Hall–Kier alpha value is -3.99. The lowest BCUT2D eigenvalue weighted by Gasteiger charge is -2.21. The summed E-state index contributed by atoms with van der Waals surface area (Å²) >= 11 is 0. The van der Waals surface area contributed by atoms with Crippen LogP contribution in [0.15, 0.2) is 72.8 Å². The predicted molar refractivity (Wildman–Crippen MR) is 119 cm³/mol. The number of ether oxygens (including phenoxy) is 1. The molecule has 3 aromatic rings. The summed E-state index contributed by atoms with van der Waals surface area (Å²) in [4.78, 5) is 37.7. The highest BCUT2D eigenvalue weighted by molar-refractivity contribution is 6.30. The fraction of sp³-hybridized carbons (Fsp3) is 0.115. The summed E-state index contributed by atoms with van der Waals surface area (Å²) in [5.74, 6) is -0.797. The SMILES string of the molecule is C=C(C)C(=O)OCCc1ccc(-c2c(N)ccc3c2C(=O)c2ccccc2C3=O)cc1. The van der Waals surface area contributed by atoms with E-state index in [1.807, 2.05) is 24.3 Å². The number of fused-ring (bicyclic) bond motifs is 2. The summed E-state index contributed by atoms with van der Waals surface area (Å²) in [6.45, 7) is 5.41. The molecule has 0 heterocycles. The molecule has 4 rings (SSSR count). The van der Waals surface area contributed by atoms with Gasteiger partial charge in [0, 0.05) is 45.5 Å². The van der Waals surface area contributed by atoms with Gasteiger partial charge in [0.1, 0.15) is 0 Å². The molecule has 0 saturated heterocycles. The third kappa shape index (κ3) is 3.66. The van der Waals surface area contributed by atoms with E-state index in [1.54, 1.807) is 43.3 Å². The molecule has 5 heteroatoms. The summed E-state index contributed by atoms with van der Waals surface area (Å²) in [6.07, 6.45) is 0.548. The van der Waals surface area contributed by atoms with E-state index in [4.69, 9.17) is 10.5 Å². The minimum atomic E-state index is -0.413. The van der Waals surface area contributed by atoms with Gasteiger partial charge < -0.3 is 10.5 Å². The van der Waals surface area contributed by atoms with E-state index in [-0.39, 0.29) is 18.2 Å². The first-order valence-electron chi connectivity index (χ1n) is 9.91. The zero-order chi connectivity index (χ0) is 22.1. The van der Waals surface area contributed by atoms with Crippen LogP contribution in [0.25, 0.3) is 11.1 Å². The van der Waals surface area contributed by atoms with Crippen LogP contribution in [-0.2, 0) is 16.0 Å². The number of ketones is 2. The first-order chi connectivity index (χ1) is 14.9. The van der Waals surface area contributed by atoms with Crippen molar-refractivity contribution in [3.8, 4) is 11.1 Å². The number of carbonyl (C=O) groups excluding carboxylic acids is 3. The van der Waals surface area contributed by atoms with Gasteiger partial charge in [-0.25, -0.2) is 4.79 Å². The molecule has 31 heavy (non-hydrogen) atoms. The van der Waals surface area contributed by atoms with Gasteiger partial charge in [-0.2, -0.15) is 0 Å². The lowest BCUT2D eigenvalue weighted by atomic mass is 9.80. The van der Waals surface area contributed by atoms with Gasteiger partial charge in [0.05, 0.1) is 6.61 Å². The molecular formula is C26H21NO4. The van der Waals surface area contributed by atoms with Gasteiger partial charge in [-0.05, 0) is 30.2 Å². The summed E-state index contributed by atoms with van der Waals surface area (Å²) in [5.41, 5.74) is 10.8. The zero-order valence-corrected chi connectivity index (χ0v) is 17.1. The van der Waals surface area contributed by atoms with Crippen molar-refractivity contribution in [1.82, 2.24) is 0 Å². The minimum Gasteiger partial charge on any atom is -0.462 e. The Morgan fingerprint density at radius 1 is 0.871 bits per heavy atom. The molecule has 0 atom stereocenters. The summed E-state index contributed by atoms with van der Waals surface area (Å²) < 4.78 is 5.13. The Kier molecular flexibility index (Phi) is 5.26. The maximum absolute atomic E-state index is 13.3. The van der Waals surface area contributed by atoms with E-state index in [2.05, 4.69) is 6.58 Å². The van der Waals surface area contributed by atoms with E-state index in [0.29, 0.717) is 45.5 Å². The van der Waals surface area contributed by atoms with Crippen molar-refractivity contribution < 1.29 is 19.1 Å². The highest BCUT2D eigenvalue weighted by Crippen LogP contribution is 2.38. The van der Waals surface area contributed by atoms with Gasteiger partial charge >= 0.3 is 5.97 Å². The number of nitrogen functional groups attached to an aromatic ring is 1. The highest BCUT2D eigenvalue weighted by atomic mass is 16.5. The smallest absolute Gasteiger partial charge is 0.333 e. The number of nitrogens with two attached hydrogens (primary N) is 1. The molecule has 0 aliphatic heterocycles. The molecule has 2 N–H and O–H groups in total. The van der Waals surface area contributed by atoms with Crippen molar-refractivity contribution >= 4 is 23.2 Å². The second-order valence-electron chi connectivity index (χ2n) is 7.52. The third-order valence-corrected chi connectivity index (χ3v) is 5.34. The lowest BCUT2D eigenvalue weighted by Crippen LogP contribution is -2.22. The van der Waals surface area contributed by atoms with E-state index in [1.165, 1.54) is 0 Å². The third-order valence-electron chi connectivity index (χ3n) is 5.34. The second-order valence-corrected chi connectivity index (χ2v) is 7.52. The molecule has 0 amide bonds. The van der Waals surface area contributed by atoms with Crippen LogP contribution in [0, 0.1) is 0 Å². The first-order valence-corrected chi connectivity index (χ1v) is 9.91. The molecule has 0 unspecified atom stereocenters. The summed E-state index contributed by atoms with van der Waals surface area (Å²) in [5, 5.41) is 0. The minimum absolute atomic E-state index is 0.178. The van der Waals surface area contributed by atoms with E-state index in [9.17, 15) is 14.4 Å². The average Bonchev–Trinajstić information content (AvgIpc) is 2.77. The fourth-order valence-electron chi connectivity index (χ4n) is 3.74. The summed E-state index contributed by atoms with van der Waals surface area (Å²) in [6, 6.07) is 17.6. The monoisotopic (exact) mass is 411 g/mol. The first kappa shape index (κ1) is 20.3. The van der Waals surface area contributed by atoms with Gasteiger partial charge in [0.25, 0.3) is 0 Å². The van der Waals surface area contributed by atoms with Crippen LogP contribution in [-0.4, -0.2) is 24.1 Å². The molecule has 0 spiro atoms. The topological polar surface area (TPSA) is 86.5 Å². The highest BCUT2D eigenvalue weighted by Gasteiger charge is 2.32. The number of anilines is 1. The fourth-order valence-corrected chi connectivity index (χ4v) is 3.74. The molecule has 0 saturated carbocycles. The van der Waals surface area contributed by atoms with Gasteiger partial charge in [0.2, 0.25) is 0 Å². The van der Waals surface area contributed by atoms with Crippen LogP contribution < -0.4 is 5.73 Å². The van der Waals surface area contributed by atoms with Crippen LogP contribution in [0.2, 0.25) is 0 Å². The summed E-state index contributed by atoms with van der Waals surface area (Å²) in [7, 11) is 0. The van der Waals surface area contributed by atoms with Gasteiger partial charge in [0.15, 0.2) is 11.6 Å². The molecule has 0 radical (unpaired) electrons. The molecular weight excluding hydrogens is 390 g/mol. The molecule has 0 fully saturated rings. The average molecular weight is 411 g/mol. The lowest BCUT2D eigenvalue weighted by molar-refractivity contribution is -0.138. The number of hydrogen-bond acceptors (Lipinski definition) is 5. The van der Waals surface area contributed by atoms with E-state index in [0.717, 1.165) is 11.1 Å². The Morgan fingerprint density at radius 3 is 2.16 bits per heavy atom. The van der Waals surface area contributed by atoms with Crippen molar-refractivity contribution in [1.29, 1.82) is 0 Å². The number of carbonyl (C=O) groups is 3. The van der Waals surface area contributed by atoms with Crippen LogP contribution in [0.4, 0.5) is 5.69 Å². The van der Waals surface area contributed by atoms with Crippen LogP contribution >= 0.6 is 0 Å². The zero-order valence-electron chi connectivity index (χ0n) is 17.1. The molecule has 1 aliphatic rings.